The maximum atomic E-state index is 10.6. The molecule has 0 spiro atoms. The summed E-state index contributed by atoms with van der Waals surface area (Å²) in [5, 5.41) is 10.6. The number of aliphatic hydroxyl groups excluding tert-OH is 1. The molecule has 4 heteroatoms. The van der Waals surface area contributed by atoms with Crippen molar-refractivity contribution in [1.82, 2.24) is 0 Å². The first-order valence-electron chi connectivity index (χ1n) is 9.86. The largest absolute Gasteiger partial charge is 1.00 e. The van der Waals surface area contributed by atoms with Gasteiger partial charge in [0.05, 0.1) is 19.6 Å². The fourth-order valence-electron chi connectivity index (χ4n) is 3.30. The van der Waals surface area contributed by atoms with Crippen LogP contribution in [0.5, 0.6) is 5.75 Å². The molecule has 0 saturated heterocycles. The first-order chi connectivity index (χ1) is 11.7. The Balaban J connectivity index is 0.00000576. The van der Waals surface area contributed by atoms with Gasteiger partial charge in [-0.05, 0) is 31.4 Å². The number of hydrogen-bond acceptors (Lipinski definition) is 2. The number of quaternary nitrogens is 1. The lowest BCUT2D eigenvalue weighted by atomic mass is 10.1. The van der Waals surface area contributed by atoms with Crippen molar-refractivity contribution in [2.75, 3.05) is 32.8 Å². The third kappa shape index (κ3) is 10.2. The normalized spacial score (nSPS) is 12.5. The molecule has 1 aromatic rings. The van der Waals surface area contributed by atoms with Crippen molar-refractivity contribution in [1.29, 1.82) is 0 Å². The van der Waals surface area contributed by atoms with Gasteiger partial charge in [0, 0.05) is 0 Å². The molecule has 1 atom stereocenters. The van der Waals surface area contributed by atoms with E-state index in [4.69, 9.17) is 4.74 Å². The van der Waals surface area contributed by atoms with Gasteiger partial charge in [-0.25, -0.2) is 0 Å². The van der Waals surface area contributed by atoms with Crippen molar-refractivity contribution in [3.8, 4) is 5.75 Å². The summed E-state index contributed by atoms with van der Waals surface area (Å²) in [5.41, 5.74) is 0. The molecule has 3 nitrogen and oxygen atoms in total. The summed E-state index contributed by atoms with van der Waals surface area (Å²) >= 11 is 0. The Morgan fingerprint density at radius 2 is 1.36 bits per heavy atom. The molecule has 0 fully saturated rings. The van der Waals surface area contributed by atoms with Gasteiger partial charge in [0.15, 0.2) is 0 Å². The molecule has 1 aromatic carbocycles. The Morgan fingerprint density at radius 3 is 1.80 bits per heavy atom. The molecule has 146 valence electrons. The predicted molar refractivity (Wildman–Crippen MR) is 102 cm³/mol. The highest BCUT2D eigenvalue weighted by Gasteiger charge is 2.29. The van der Waals surface area contributed by atoms with Crippen LogP contribution in [0.15, 0.2) is 30.3 Å². The van der Waals surface area contributed by atoms with Crippen molar-refractivity contribution in [3.05, 3.63) is 30.3 Å². The van der Waals surface area contributed by atoms with Crippen LogP contribution in [0.4, 0.5) is 0 Å². The number of para-hydroxylation sites is 1. The van der Waals surface area contributed by atoms with Gasteiger partial charge >= 0.3 is 0 Å². The van der Waals surface area contributed by atoms with E-state index in [-0.39, 0.29) is 17.0 Å². The number of benzene rings is 1. The van der Waals surface area contributed by atoms with Crippen molar-refractivity contribution in [2.45, 2.75) is 65.4 Å². The molecule has 1 rings (SSSR count). The smallest absolute Gasteiger partial charge is 0.137 e. The molecule has 0 aliphatic carbocycles. The van der Waals surface area contributed by atoms with E-state index < -0.39 is 6.10 Å². The minimum Gasteiger partial charge on any atom is -1.00 e. The van der Waals surface area contributed by atoms with Gasteiger partial charge in [-0.2, -0.15) is 0 Å². The fourth-order valence-corrected chi connectivity index (χ4v) is 3.30. The summed E-state index contributed by atoms with van der Waals surface area (Å²) < 4.78 is 6.82. The lowest BCUT2D eigenvalue weighted by Gasteiger charge is -2.40. The summed E-state index contributed by atoms with van der Waals surface area (Å²) in [4.78, 5) is 0. The standard InChI is InChI=1S/C21H38NO2.BrH/c1-4-7-15-22(16-8-5-2,17-9-6-3)18-20(23)19-24-21-13-11-10-12-14-21;/h10-14,20,23H,4-9,15-19H2,1-3H3;1H/q+1;/p-1. The Bertz CT molecular complexity index is 392. The third-order valence-electron chi connectivity index (χ3n) is 4.74. The highest BCUT2D eigenvalue weighted by Crippen LogP contribution is 2.17. The zero-order valence-electron chi connectivity index (χ0n) is 16.4. The van der Waals surface area contributed by atoms with Gasteiger partial charge in [-0.3, -0.25) is 0 Å². The van der Waals surface area contributed by atoms with Crippen LogP contribution < -0.4 is 21.7 Å². The van der Waals surface area contributed by atoms with Crippen LogP contribution in [0.25, 0.3) is 0 Å². The first kappa shape index (κ1) is 24.4. The Labute approximate surface area is 165 Å². The Kier molecular flexibility index (Phi) is 14.2. The molecule has 25 heavy (non-hydrogen) atoms. The number of rotatable bonds is 14. The molecule has 0 heterocycles. The van der Waals surface area contributed by atoms with E-state index in [2.05, 4.69) is 20.8 Å². The van der Waals surface area contributed by atoms with Crippen LogP contribution in [0, 0.1) is 0 Å². The van der Waals surface area contributed by atoms with Gasteiger partial charge in [0.1, 0.15) is 25.0 Å². The average Bonchev–Trinajstić information content (AvgIpc) is 2.62. The summed E-state index contributed by atoms with van der Waals surface area (Å²) in [6.45, 7) is 11.5. The van der Waals surface area contributed by atoms with Gasteiger partial charge in [-0.1, -0.05) is 58.2 Å². The summed E-state index contributed by atoms with van der Waals surface area (Å²) in [6.07, 6.45) is 6.95. The number of nitrogens with zero attached hydrogens (tertiary/aromatic N) is 1. The zero-order chi connectivity index (χ0) is 17.7. The maximum absolute atomic E-state index is 10.6. The second-order valence-corrected chi connectivity index (χ2v) is 7.03. The summed E-state index contributed by atoms with van der Waals surface area (Å²) in [7, 11) is 0. The van der Waals surface area contributed by atoms with E-state index in [1.165, 1.54) is 58.2 Å². The molecule has 0 aliphatic rings. The fraction of sp³-hybridized carbons (Fsp3) is 0.714. The van der Waals surface area contributed by atoms with Crippen LogP contribution in [0.1, 0.15) is 59.3 Å². The van der Waals surface area contributed by atoms with E-state index in [1.54, 1.807) is 0 Å². The number of hydrogen-bond donors (Lipinski definition) is 1. The van der Waals surface area contributed by atoms with Crippen molar-refractivity contribution < 1.29 is 31.3 Å². The highest BCUT2D eigenvalue weighted by molar-refractivity contribution is 5.20. The van der Waals surface area contributed by atoms with Crippen molar-refractivity contribution in [3.63, 3.8) is 0 Å². The van der Waals surface area contributed by atoms with Gasteiger partial charge < -0.3 is 31.3 Å². The minimum absolute atomic E-state index is 0. The van der Waals surface area contributed by atoms with E-state index in [9.17, 15) is 5.11 Å². The lowest BCUT2D eigenvalue weighted by molar-refractivity contribution is -0.931. The predicted octanol–water partition coefficient (Wildman–Crippen LogP) is 1.65. The monoisotopic (exact) mass is 415 g/mol. The molecular formula is C21H38BrNO2. The molecule has 0 saturated carbocycles. The SMILES string of the molecule is CCCC[N+](CCCC)(CCCC)CC(O)COc1ccccc1.[Br-]. The molecule has 0 amide bonds. The van der Waals surface area contributed by atoms with Crippen LogP contribution in [-0.2, 0) is 0 Å². The highest BCUT2D eigenvalue weighted by atomic mass is 79.9. The number of unbranched alkanes of at least 4 members (excludes halogenated alkanes) is 3. The summed E-state index contributed by atoms with van der Waals surface area (Å²) in [5.74, 6) is 0.838. The van der Waals surface area contributed by atoms with Crippen molar-refractivity contribution >= 4 is 0 Å². The van der Waals surface area contributed by atoms with Gasteiger partial charge in [0.2, 0.25) is 0 Å². The zero-order valence-corrected chi connectivity index (χ0v) is 18.0. The summed E-state index contributed by atoms with van der Waals surface area (Å²) in [6, 6.07) is 9.79. The molecule has 0 bridgehead atoms. The van der Waals surface area contributed by atoms with Gasteiger partial charge in [0.25, 0.3) is 0 Å². The molecular weight excluding hydrogens is 378 g/mol. The van der Waals surface area contributed by atoms with Crippen LogP contribution in [-0.4, -0.2) is 48.5 Å². The Hall–Kier alpha value is -0.580. The number of halogens is 1. The maximum Gasteiger partial charge on any atom is 0.137 e. The first-order valence-corrected chi connectivity index (χ1v) is 9.86. The van der Waals surface area contributed by atoms with E-state index in [0.717, 1.165) is 16.8 Å². The molecule has 1 N–H and O–H groups in total. The quantitative estimate of drug-likeness (QED) is 0.468. The number of ether oxygens (including phenoxy) is 1. The van der Waals surface area contributed by atoms with Gasteiger partial charge in [-0.15, -0.1) is 0 Å². The second-order valence-electron chi connectivity index (χ2n) is 7.03. The lowest BCUT2D eigenvalue weighted by Crippen LogP contribution is -3.00. The third-order valence-corrected chi connectivity index (χ3v) is 4.74. The molecule has 0 aromatic heterocycles. The van der Waals surface area contributed by atoms with Crippen LogP contribution in [0.2, 0.25) is 0 Å². The van der Waals surface area contributed by atoms with Crippen LogP contribution in [0.3, 0.4) is 0 Å². The van der Waals surface area contributed by atoms with Crippen LogP contribution >= 0.6 is 0 Å². The van der Waals surface area contributed by atoms with E-state index in [0.29, 0.717) is 6.61 Å². The number of aliphatic hydroxyl groups is 1. The topological polar surface area (TPSA) is 29.5 Å². The minimum atomic E-state index is -0.407. The Morgan fingerprint density at radius 1 is 0.880 bits per heavy atom. The van der Waals surface area contributed by atoms with E-state index in [1.807, 2.05) is 30.3 Å². The second kappa shape index (κ2) is 14.6. The molecule has 1 unspecified atom stereocenters. The molecule has 0 aliphatic heterocycles. The van der Waals surface area contributed by atoms with Crippen molar-refractivity contribution in [2.24, 2.45) is 0 Å². The van der Waals surface area contributed by atoms with E-state index >= 15 is 0 Å². The average molecular weight is 416 g/mol. The molecule has 0 radical (unpaired) electrons.